The second-order valence-corrected chi connectivity index (χ2v) is 9.85. The number of aromatic nitrogens is 4. The topological polar surface area (TPSA) is 88.2 Å². The Labute approximate surface area is 199 Å². The third kappa shape index (κ3) is 3.71. The monoisotopic (exact) mass is 455 g/mol. The summed E-state index contributed by atoms with van der Waals surface area (Å²) in [5.74, 6) is 1.23. The molecule has 1 aliphatic rings. The Hall–Kier alpha value is -3.42. The maximum absolute atomic E-state index is 12.4. The lowest BCUT2D eigenvalue weighted by Gasteiger charge is -2.55. The number of likely N-dealkylation sites (tertiary alicyclic amines) is 1. The zero-order valence-corrected chi connectivity index (χ0v) is 19.9. The van der Waals surface area contributed by atoms with Crippen LogP contribution in [0.2, 0.25) is 0 Å². The van der Waals surface area contributed by atoms with Crippen LogP contribution in [0.15, 0.2) is 71.8 Å². The van der Waals surface area contributed by atoms with Crippen LogP contribution in [0.1, 0.15) is 43.4 Å². The first kappa shape index (κ1) is 22.4. The molecule has 1 aliphatic heterocycles. The van der Waals surface area contributed by atoms with E-state index in [0.29, 0.717) is 28.8 Å². The van der Waals surface area contributed by atoms with Gasteiger partial charge in [-0.25, -0.2) is 0 Å². The fraction of sp³-hybridized carbons (Fsp3) is 0.333. The molecule has 0 unspecified atom stereocenters. The van der Waals surface area contributed by atoms with Gasteiger partial charge in [0.05, 0.1) is 5.56 Å². The molecular formula is C27H29N5O2. The van der Waals surface area contributed by atoms with E-state index in [9.17, 15) is 5.11 Å². The van der Waals surface area contributed by atoms with Gasteiger partial charge >= 0.3 is 0 Å². The molecule has 0 amide bonds. The minimum absolute atomic E-state index is 0.375. The van der Waals surface area contributed by atoms with Crippen molar-refractivity contribution in [3.05, 3.63) is 83.9 Å². The molecule has 4 aromatic rings. The average molecular weight is 456 g/mol. The summed E-state index contributed by atoms with van der Waals surface area (Å²) in [6, 6.07) is 13.9. The van der Waals surface area contributed by atoms with Crippen LogP contribution in [0.25, 0.3) is 22.8 Å². The van der Waals surface area contributed by atoms with Gasteiger partial charge < -0.3 is 14.5 Å². The lowest BCUT2D eigenvalue weighted by atomic mass is 9.62. The lowest BCUT2D eigenvalue weighted by Crippen LogP contribution is -2.63. The quantitative estimate of drug-likeness (QED) is 0.458. The van der Waals surface area contributed by atoms with Gasteiger partial charge in [0.25, 0.3) is 5.89 Å². The molecule has 1 fully saturated rings. The normalized spacial score (nSPS) is 17.4. The van der Waals surface area contributed by atoms with Gasteiger partial charge in [-0.3, -0.25) is 9.97 Å². The van der Waals surface area contributed by atoms with Crippen LogP contribution in [0.3, 0.4) is 0 Å². The van der Waals surface area contributed by atoms with Crippen LogP contribution in [-0.4, -0.2) is 50.3 Å². The maximum Gasteiger partial charge on any atom is 0.259 e. The van der Waals surface area contributed by atoms with Gasteiger partial charge in [-0.05, 0) is 42.3 Å². The van der Waals surface area contributed by atoms with Gasteiger partial charge in [0.15, 0.2) is 0 Å². The first-order valence-corrected chi connectivity index (χ1v) is 11.5. The lowest BCUT2D eigenvalue weighted by molar-refractivity contribution is -0.127. The van der Waals surface area contributed by atoms with Crippen molar-refractivity contribution in [2.75, 3.05) is 20.1 Å². The summed E-state index contributed by atoms with van der Waals surface area (Å²) < 4.78 is 5.47. The van der Waals surface area contributed by atoms with Gasteiger partial charge in [0, 0.05) is 54.4 Å². The SMILES string of the molecule is CC(C)c1ccc([C@](O)(c2cncc(-c3noc(-c4cccnc4)n3)c2)C2(C)CN(C)C2)cc1. The molecule has 1 aromatic carbocycles. The average Bonchev–Trinajstić information content (AvgIpc) is 3.34. The van der Waals surface area contributed by atoms with E-state index in [2.05, 4.69) is 65.0 Å². The van der Waals surface area contributed by atoms with Gasteiger partial charge in [-0.1, -0.05) is 50.2 Å². The molecule has 0 aliphatic carbocycles. The molecule has 3 aromatic heterocycles. The molecule has 4 heterocycles. The molecule has 5 rings (SSSR count). The van der Waals surface area contributed by atoms with Crippen molar-refractivity contribution in [2.45, 2.75) is 32.3 Å². The van der Waals surface area contributed by atoms with Crippen LogP contribution in [-0.2, 0) is 5.60 Å². The third-order valence-electron chi connectivity index (χ3n) is 6.86. The van der Waals surface area contributed by atoms with Crippen molar-refractivity contribution in [1.82, 2.24) is 25.0 Å². The van der Waals surface area contributed by atoms with E-state index in [1.165, 1.54) is 5.56 Å². The third-order valence-corrected chi connectivity index (χ3v) is 6.86. The van der Waals surface area contributed by atoms with Crippen LogP contribution >= 0.6 is 0 Å². The molecule has 0 bridgehead atoms. The van der Waals surface area contributed by atoms with Crippen molar-refractivity contribution < 1.29 is 9.63 Å². The molecule has 1 saturated heterocycles. The molecule has 174 valence electrons. The summed E-state index contributed by atoms with van der Waals surface area (Å²) in [5.41, 5.74) is 2.64. The van der Waals surface area contributed by atoms with Crippen LogP contribution in [0.5, 0.6) is 0 Å². The van der Waals surface area contributed by atoms with E-state index in [4.69, 9.17) is 4.52 Å². The summed E-state index contributed by atoms with van der Waals surface area (Å²) in [6.07, 6.45) is 6.81. The Balaban J connectivity index is 1.57. The zero-order valence-electron chi connectivity index (χ0n) is 19.9. The minimum Gasteiger partial charge on any atom is -0.380 e. The number of aliphatic hydroxyl groups is 1. The highest BCUT2D eigenvalue weighted by atomic mass is 16.5. The highest BCUT2D eigenvalue weighted by Crippen LogP contribution is 2.50. The number of nitrogens with zero attached hydrogens (tertiary/aromatic N) is 5. The van der Waals surface area contributed by atoms with Crippen molar-refractivity contribution in [1.29, 1.82) is 0 Å². The Morgan fingerprint density at radius 3 is 2.38 bits per heavy atom. The van der Waals surface area contributed by atoms with Gasteiger partial charge in [-0.15, -0.1) is 0 Å². The molecule has 1 N–H and O–H groups in total. The van der Waals surface area contributed by atoms with Crippen molar-refractivity contribution in [3.8, 4) is 22.8 Å². The van der Waals surface area contributed by atoms with Crippen molar-refractivity contribution >= 4 is 0 Å². The summed E-state index contributed by atoms with van der Waals surface area (Å²) >= 11 is 0. The van der Waals surface area contributed by atoms with E-state index in [1.54, 1.807) is 24.8 Å². The standard InChI is InChI=1S/C27H29N5O2/c1-18(2)19-7-9-22(10-8-19)27(33,26(3)16-32(4)17-26)23-12-21(14-29-15-23)24-30-25(34-31-24)20-6-5-11-28-13-20/h5-15,18,33H,16-17H2,1-4H3/t27-/m0/s1. The molecule has 1 atom stereocenters. The predicted molar refractivity (Wildman–Crippen MR) is 130 cm³/mol. The Morgan fingerprint density at radius 2 is 1.74 bits per heavy atom. The largest absolute Gasteiger partial charge is 0.380 e. The van der Waals surface area contributed by atoms with Crippen LogP contribution in [0.4, 0.5) is 0 Å². The van der Waals surface area contributed by atoms with E-state index in [-0.39, 0.29) is 5.41 Å². The summed E-state index contributed by atoms with van der Waals surface area (Å²) in [6.45, 7) is 8.01. The second-order valence-electron chi connectivity index (χ2n) is 9.85. The van der Waals surface area contributed by atoms with Gasteiger partial charge in [0.1, 0.15) is 5.60 Å². The first-order chi connectivity index (χ1) is 16.3. The van der Waals surface area contributed by atoms with Crippen molar-refractivity contribution in [3.63, 3.8) is 0 Å². The van der Waals surface area contributed by atoms with E-state index in [0.717, 1.165) is 24.2 Å². The number of benzene rings is 1. The van der Waals surface area contributed by atoms with Gasteiger partial charge in [-0.2, -0.15) is 4.98 Å². The Bertz CT molecular complexity index is 1280. The van der Waals surface area contributed by atoms with E-state index >= 15 is 0 Å². The second kappa shape index (κ2) is 8.42. The molecule has 0 saturated carbocycles. The molecule has 0 spiro atoms. The maximum atomic E-state index is 12.4. The van der Waals surface area contributed by atoms with Crippen molar-refractivity contribution in [2.24, 2.45) is 5.41 Å². The number of pyridine rings is 2. The molecule has 7 heteroatoms. The highest BCUT2D eigenvalue weighted by molar-refractivity contribution is 5.60. The Morgan fingerprint density at radius 1 is 1.00 bits per heavy atom. The Kier molecular flexibility index (Phi) is 5.54. The summed E-state index contributed by atoms with van der Waals surface area (Å²) in [7, 11) is 2.07. The predicted octanol–water partition coefficient (Wildman–Crippen LogP) is 4.50. The minimum atomic E-state index is -1.23. The molecular weight excluding hydrogens is 426 g/mol. The molecule has 7 nitrogen and oxygen atoms in total. The number of hydrogen-bond acceptors (Lipinski definition) is 7. The molecule has 0 radical (unpaired) electrons. The van der Waals surface area contributed by atoms with Crippen LogP contribution < -0.4 is 0 Å². The fourth-order valence-electron chi connectivity index (χ4n) is 5.05. The molecule has 34 heavy (non-hydrogen) atoms. The number of hydrogen-bond donors (Lipinski definition) is 1. The van der Waals surface area contributed by atoms with Crippen LogP contribution in [0, 0.1) is 5.41 Å². The highest BCUT2D eigenvalue weighted by Gasteiger charge is 2.55. The van der Waals surface area contributed by atoms with E-state index < -0.39 is 5.60 Å². The zero-order chi connectivity index (χ0) is 23.9. The number of rotatable bonds is 6. The smallest absolute Gasteiger partial charge is 0.259 e. The first-order valence-electron chi connectivity index (χ1n) is 11.5. The van der Waals surface area contributed by atoms with Gasteiger partial charge in [0.2, 0.25) is 5.82 Å². The summed E-state index contributed by atoms with van der Waals surface area (Å²) in [4.78, 5) is 15.3. The van der Waals surface area contributed by atoms with E-state index in [1.807, 2.05) is 30.3 Å². The fourth-order valence-corrected chi connectivity index (χ4v) is 5.05. The summed E-state index contributed by atoms with van der Waals surface area (Å²) in [5, 5.41) is 16.5.